The van der Waals surface area contributed by atoms with Crippen molar-refractivity contribution in [2.45, 2.75) is 71.0 Å². The SMILES string of the molecule is CC(C)NCc1ccc(N2CCCC2C2CCCC2)nn1. The molecule has 21 heavy (non-hydrogen) atoms. The molecule has 4 heteroatoms. The average molecular weight is 288 g/mol. The minimum Gasteiger partial charge on any atom is -0.352 e. The van der Waals surface area contributed by atoms with Gasteiger partial charge in [-0.3, -0.25) is 0 Å². The molecule has 0 aromatic carbocycles. The summed E-state index contributed by atoms with van der Waals surface area (Å²) in [7, 11) is 0. The van der Waals surface area contributed by atoms with Crippen LogP contribution in [0.4, 0.5) is 5.82 Å². The number of aromatic nitrogens is 2. The number of hydrogen-bond donors (Lipinski definition) is 1. The lowest BCUT2D eigenvalue weighted by molar-refractivity contribution is 0.428. The quantitative estimate of drug-likeness (QED) is 0.904. The molecule has 116 valence electrons. The minimum absolute atomic E-state index is 0.483. The van der Waals surface area contributed by atoms with E-state index in [1.165, 1.54) is 38.5 Å². The van der Waals surface area contributed by atoms with Gasteiger partial charge < -0.3 is 10.2 Å². The van der Waals surface area contributed by atoms with Crippen molar-refractivity contribution in [3.8, 4) is 0 Å². The van der Waals surface area contributed by atoms with Crippen LogP contribution in [-0.4, -0.2) is 28.8 Å². The molecular formula is C17H28N4. The Morgan fingerprint density at radius 2 is 1.95 bits per heavy atom. The van der Waals surface area contributed by atoms with Crippen LogP contribution in [0.3, 0.4) is 0 Å². The lowest BCUT2D eigenvalue weighted by Gasteiger charge is -2.30. The molecule has 0 amide bonds. The van der Waals surface area contributed by atoms with Gasteiger partial charge in [0.15, 0.2) is 5.82 Å². The highest BCUT2D eigenvalue weighted by Crippen LogP contribution is 2.36. The summed E-state index contributed by atoms with van der Waals surface area (Å²) in [5, 5.41) is 12.3. The molecule has 3 rings (SSSR count). The largest absolute Gasteiger partial charge is 0.352 e. The standard InChI is InChI=1S/C17H28N4/c1-13(2)18-12-15-9-10-17(20-19-15)21-11-5-8-16(21)14-6-3-4-7-14/h9-10,13-14,16,18H,3-8,11-12H2,1-2H3. The molecule has 1 aromatic rings. The van der Waals surface area contributed by atoms with Gasteiger partial charge in [0, 0.05) is 25.2 Å². The van der Waals surface area contributed by atoms with E-state index in [0.717, 1.165) is 30.5 Å². The summed E-state index contributed by atoms with van der Waals surface area (Å²) in [6.07, 6.45) is 8.29. The zero-order chi connectivity index (χ0) is 14.7. The van der Waals surface area contributed by atoms with Crippen LogP contribution in [0.1, 0.15) is 58.1 Å². The highest BCUT2D eigenvalue weighted by molar-refractivity contribution is 5.40. The molecule has 2 heterocycles. The van der Waals surface area contributed by atoms with Crippen LogP contribution >= 0.6 is 0 Å². The van der Waals surface area contributed by atoms with Crippen molar-refractivity contribution in [2.24, 2.45) is 5.92 Å². The van der Waals surface area contributed by atoms with E-state index < -0.39 is 0 Å². The molecule has 1 saturated heterocycles. The van der Waals surface area contributed by atoms with Gasteiger partial charge in [0.1, 0.15) is 0 Å². The van der Waals surface area contributed by atoms with E-state index in [4.69, 9.17) is 0 Å². The monoisotopic (exact) mass is 288 g/mol. The Kier molecular flexibility index (Phi) is 4.73. The number of hydrogen-bond acceptors (Lipinski definition) is 4. The van der Waals surface area contributed by atoms with Crippen molar-refractivity contribution in [3.63, 3.8) is 0 Å². The van der Waals surface area contributed by atoms with Gasteiger partial charge in [0.25, 0.3) is 0 Å². The minimum atomic E-state index is 0.483. The first-order valence-electron chi connectivity index (χ1n) is 8.56. The van der Waals surface area contributed by atoms with Gasteiger partial charge in [0.05, 0.1) is 5.69 Å². The first-order valence-corrected chi connectivity index (χ1v) is 8.56. The molecule has 1 aromatic heterocycles. The van der Waals surface area contributed by atoms with Crippen molar-refractivity contribution in [1.82, 2.24) is 15.5 Å². The summed E-state index contributed by atoms with van der Waals surface area (Å²) in [4.78, 5) is 2.52. The lowest BCUT2D eigenvalue weighted by Crippen LogP contribution is -2.35. The van der Waals surface area contributed by atoms with Crippen LogP contribution in [0.15, 0.2) is 12.1 Å². The van der Waals surface area contributed by atoms with E-state index in [0.29, 0.717) is 12.1 Å². The summed E-state index contributed by atoms with van der Waals surface area (Å²) in [6.45, 7) is 6.26. The Morgan fingerprint density at radius 1 is 1.14 bits per heavy atom. The fourth-order valence-electron chi connectivity index (χ4n) is 3.82. The van der Waals surface area contributed by atoms with Gasteiger partial charge >= 0.3 is 0 Å². The topological polar surface area (TPSA) is 41.0 Å². The third-order valence-electron chi connectivity index (χ3n) is 4.93. The van der Waals surface area contributed by atoms with Gasteiger partial charge in [0.2, 0.25) is 0 Å². The van der Waals surface area contributed by atoms with Crippen LogP contribution in [-0.2, 0) is 6.54 Å². The fourth-order valence-corrected chi connectivity index (χ4v) is 3.82. The highest BCUT2D eigenvalue weighted by Gasteiger charge is 2.34. The molecule has 1 aliphatic heterocycles. The van der Waals surface area contributed by atoms with Gasteiger partial charge in [-0.2, -0.15) is 5.10 Å². The molecule has 1 saturated carbocycles. The molecule has 1 N–H and O–H groups in total. The first-order chi connectivity index (χ1) is 10.2. The molecule has 2 aliphatic rings. The first kappa shape index (κ1) is 14.8. The average Bonchev–Trinajstić information content (AvgIpc) is 3.16. The van der Waals surface area contributed by atoms with Crippen molar-refractivity contribution < 1.29 is 0 Å². The lowest BCUT2D eigenvalue weighted by atomic mass is 9.96. The van der Waals surface area contributed by atoms with Gasteiger partial charge in [-0.1, -0.05) is 26.7 Å². The van der Waals surface area contributed by atoms with E-state index in [2.05, 4.69) is 46.4 Å². The van der Waals surface area contributed by atoms with E-state index in [1.807, 2.05) is 0 Å². The summed E-state index contributed by atoms with van der Waals surface area (Å²) >= 11 is 0. The van der Waals surface area contributed by atoms with Crippen LogP contribution in [0.5, 0.6) is 0 Å². The maximum atomic E-state index is 4.50. The van der Waals surface area contributed by atoms with Gasteiger partial charge in [-0.05, 0) is 43.7 Å². The summed E-state index contributed by atoms with van der Waals surface area (Å²) in [6, 6.07) is 5.48. The summed E-state index contributed by atoms with van der Waals surface area (Å²) in [5.41, 5.74) is 1.03. The van der Waals surface area contributed by atoms with Gasteiger partial charge in [-0.15, -0.1) is 5.10 Å². The van der Waals surface area contributed by atoms with Crippen molar-refractivity contribution in [2.75, 3.05) is 11.4 Å². The fraction of sp³-hybridized carbons (Fsp3) is 0.765. The van der Waals surface area contributed by atoms with Crippen molar-refractivity contribution in [1.29, 1.82) is 0 Å². The molecule has 1 atom stereocenters. The molecule has 1 unspecified atom stereocenters. The highest BCUT2D eigenvalue weighted by atomic mass is 15.3. The van der Waals surface area contributed by atoms with E-state index in [9.17, 15) is 0 Å². The Balaban J connectivity index is 1.65. The van der Waals surface area contributed by atoms with Crippen molar-refractivity contribution in [3.05, 3.63) is 17.8 Å². The number of nitrogens with one attached hydrogen (secondary N) is 1. The molecular weight excluding hydrogens is 260 g/mol. The predicted octanol–water partition coefficient (Wildman–Crippen LogP) is 3.13. The van der Waals surface area contributed by atoms with Crippen LogP contribution in [0.25, 0.3) is 0 Å². The third kappa shape index (κ3) is 3.54. The smallest absolute Gasteiger partial charge is 0.151 e. The van der Waals surface area contributed by atoms with Crippen LogP contribution in [0, 0.1) is 5.92 Å². The Bertz CT molecular complexity index is 437. The molecule has 0 spiro atoms. The van der Waals surface area contributed by atoms with Crippen LogP contribution in [0.2, 0.25) is 0 Å². The predicted molar refractivity (Wildman–Crippen MR) is 86.3 cm³/mol. The molecule has 0 radical (unpaired) electrons. The maximum absolute atomic E-state index is 4.50. The van der Waals surface area contributed by atoms with E-state index >= 15 is 0 Å². The summed E-state index contributed by atoms with van der Waals surface area (Å²) in [5.74, 6) is 1.97. The molecule has 0 bridgehead atoms. The van der Waals surface area contributed by atoms with Gasteiger partial charge in [-0.25, -0.2) is 0 Å². The number of rotatable bonds is 5. The van der Waals surface area contributed by atoms with Crippen molar-refractivity contribution >= 4 is 5.82 Å². The second-order valence-corrected chi connectivity index (χ2v) is 6.87. The zero-order valence-electron chi connectivity index (χ0n) is 13.4. The Morgan fingerprint density at radius 3 is 2.62 bits per heavy atom. The second-order valence-electron chi connectivity index (χ2n) is 6.87. The molecule has 4 nitrogen and oxygen atoms in total. The van der Waals surface area contributed by atoms with Crippen LogP contribution < -0.4 is 10.2 Å². The van der Waals surface area contributed by atoms with E-state index in [-0.39, 0.29) is 0 Å². The normalized spacial score (nSPS) is 23.4. The molecule has 2 fully saturated rings. The Hall–Kier alpha value is -1.16. The summed E-state index contributed by atoms with van der Waals surface area (Å²) < 4.78 is 0. The number of anilines is 1. The number of nitrogens with zero attached hydrogens (tertiary/aromatic N) is 3. The zero-order valence-corrected chi connectivity index (χ0v) is 13.4. The Labute approximate surface area is 128 Å². The molecule has 1 aliphatic carbocycles. The van der Waals surface area contributed by atoms with E-state index in [1.54, 1.807) is 0 Å². The third-order valence-corrected chi connectivity index (χ3v) is 4.93. The maximum Gasteiger partial charge on any atom is 0.151 e. The second kappa shape index (κ2) is 6.73.